The maximum atomic E-state index is 11.2. The monoisotopic (exact) mass is 138 g/mol. The maximum Gasteiger partial charge on any atom is 0.173 e. The Hall–Kier alpha value is -0.0400. The first-order chi connectivity index (χ1) is 3.68. The Morgan fingerprint density at radius 2 is 2.00 bits per heavy atom. The van der Waals surface area contributed by atoms with Gasteiger partial charge < -0.3 is 0 Å². The van der Waals surface area contributed by atoms with Gasteiger partial charge in [0.25, 0.3) is 0 Å². The lowest BCUT2D eigenvalue weighted by molar-refractivity contribution is 0.434. The third-order valence-corrected chi connectivity index (χ3v) is 0.617. The molecule has 50 valence electrons. The van der Waals surface area contributed by atoms with E-state index < -0.39 is 5.63 Å². The highest BCUT2D eigenvalue weighted by atomic mass is 35.5. The van der Waals surface area contributed by atoms with Gasteiger partial charge in [-0.1, -0.05) is 24.6 Å². The first-order valence-corrected chi connectivity index (χ1v) is 2.97. The zero-order valence-electron chi connectivity index (χ0n) is 5.32. The van der Waals surface area contributed by atoms with Crippen LogP contribution in [0.4, 0.5) is 4.39 Å². The largest absolute Gasteiger partial charge is 0.230 e. The molecule has 0 fully saturated rings. The molecule has 1 atom stereocenters. The lowest BCUT2D eigenvalue weighted by Crippen LogP contribution is -1.78. The van der Waals surface area contributed by atoms with E-state index in [2.05, 4.69) is 6.58 Å². The SMILES string of the molecule is C=CC.CCC(F)Cl. The summed E-state index contributed by atoms with van der Waals surface area (Å²) in [5.41, 5.74) is -1.14. The Kier molecular flexibility index (Phi) is 13.6. The van der Waals surface area contributed by atoms with E-state index >= 15 is 0 Å². The Balaban J connectivity index is 0. The molecule has 8 heavy (non-hydrogen) atoms. The lowest BCUT2D eigenvalue weighted by Gasteiger charge is -1.83. The van der Waals surface area contributed by atoms with Crippen molar-refractivity contribution in [1.82, 2.24) is 0 Å². The fraction of sp³-hybridized carbons (Fsp3) is 0.667. The summed E-state index contributed by atoms with van der Waals surface area (Å²) in [5.74, 6) is 0. The minimum absolute atomic E-state index is 0.404. The summed E-state index contributed by atoms with van der Waals surface area (Å²) in [6.45, 7) is 6.94. The third kappa shape index (κ3) is 38.2. The van der Waals surface area contributed by atoms with Crippen LogP contribution in [0, 0.1) is 0 Å². The van der Waals surface area contributed by atoms with Gasteiger partial charge in [0.1, 0.15) is 0 Å². The van der Waals surface area contributed by atoms with Crippen LogP contribution in [0.2, 0.25) is 0 Å². The van der Waals surface area contributed by atoms with Gasteiger partial charge in [0.05, 0.1) is 0 Å². The van der Waals surface area contributed by atoms with Crippen LogP contribution in [-0.4, -0.2) is 5.63 Å². The van der Waals surface area contributed by atoms with Crippen LogP contribution in [0.5, 0.6) is 0 Å². The van der Waals surface area contributed by atoms with Crippen molar-refractivity contribution < 1.29 is 4.39 Å². The third-order valence-electron chi connectivity index (χ3n) is 0.309. The summed E-state index contributed by atoms with van der Waals surface area (Å²) >= 11 is 4.80. The predicted molar refractivity (Wildman–Crippen MR) is 36.9 cm³/mol. The highest BCUT2D eigenvalue weighted by Crippen LogP contribution is 1.98. The van der Waals surface area contributed by atoms with Crippen molar-refractivity contribution in [2.24, 2.45) is 0 Å². The molecule has 0 aromatic carbocycles. The molecule has 0 aromatic rings. The van der Waals surface area contributed by atoms with Crippen LogP contribution < -0.4 is 0 Å². The van der Waals surface area contributed by atoms with Crippen molar-refractivity contribution in [3.8, 4) is 0 Å². The summed E-state index contributed by atoms with van der Waals surface area (Å²) < 4.78 is 11.2. The number of rotatable bonds is 1. The highest BCUT2D eigenvalue weighted by molar-refractivity contribution is 6.19. The molecular weight excluding hydrogens is 127 g/mol. The molecule has 0 saturated heterocycles. The molecule has 0 aromatic heterocycles. The molecule has 0 aliphatic carbocycles. The summed E-state index contributed by atoms with van der Waals surface area (Å²) in [6.07, 6.45) is 2.15. The average Bonchev–Trinajstić information content (AvgIpc) is 1.69. The average molecular weight is 139 g/mol. The molecule has 0 aliphatic heterocycles. The number of hydrogen-bond acceptors (Lipinski definition) is 0. The van der Waals surface area contributed by atoms with Gasteiger partial charge in [0.2, 0.25) is 0 Å². The Labute approximate surface area is 55.3 Å². The Morgan fingerprint density at radius 1 is 1.88 bits per heavy atom. The molecule has 2 heteroatoms. The molecule has 0 N–H and O–H groups in total. The summed E-state index contributed by atoms with van der Waals surface area (Å²) in [4.78, 5) is 0. The maximum absolute atomic E-state index is 11.2. The smallest absolute Gasteiger partial charge is 0.173 e. The van der Waals surface area contributed by atoms with Gasteiger partial charge in [0.15, 0.2) is 5.63 Å². The standard InChI is InChI=1S/C3H6ClF.C3H6/c1-2-3(4)5;1-3-2/h3H,2H2,1H3;3H,1H2,2H3. The van der Waals surface area contributed by atoms with E-state index in [4.69, 9.17) is 11.6 Å². The first kappa shape index (κ1) is 10.9. The molecule has 0 nitrogen and oxygen atoms in total. The van der Waals surface area contributed by atoms with Gasteiger partial charge in [-0.05, 0) is 13.3 Å². The molecule has 0 aliphatic rings. The summed E-state index contributed by atoms with van der Waals surface area (Å²) in [5, 5.41) is 0. The minimum Gasteiger partial charge on any atom is -0.230 e. The van der Waals surface area contributed by atoms with E-state index in [1.165, 1.54) is 0 Å². The summed E-state index contributed by atoms with van der Waals surface area (Å²) in [6, 6.07) is 0. The fourth-order valence-corrected chi connectivity index (χ4v) is 0. The second-order valence-corrected chi connectivity index (χ2v) is 1.68. The quantitative estimate of drug-likeness (QED) is 0.386. The van der Waals surface area contributed by atoms with Crippen molar-refractivity contribution in [2.45, 2.75) is 25.9 Å². The number of hydrogen-bond donors (Lipinski definition) is 0. The molecular formula is C6H12ClF. The zero-order chi connectivity index (χ0) is 6.99. The topological polar surface area (TPSA) is 0 Å². The molecule has 0 radical (unpaired) electrons. The Bertz CT molecular complexity index is 43.8. The van der Waals surface area contributed by atoms with Crippen molar-refractivity contribution in [1.29, 1.82) is 0 Å². The van der Waals surface area contributed by atoms with Crippen LogP contribution >= 0.6 is 11.6 Å². The van der Waals surface area contributed by atoms with Crippen LogP contribution in [-0.2, 0) is 0 Å². The van der Waals surface area contributed by atoms with Gasteiger partial charge in [-0.25, -0.2) is 4.39 Å². The molecule has 0 rings (SSSR count). The van der Waals surface area contributed by atoms with Gasteiger partial charge in [0, 0.05) is 0 Å². The van der Waals surface area contributed by atoms with Crippen LogP contribution in [0.25, 0.3) is 0 Å². The fourth-order valence-electron chi connectivity index (χ4n) is 0. The van der Waals surface area contributed by atoms with Crippen LogP contribution in [0.3, 0.4) is 0 Å². The second kappa shape index (κ2) is 10.0. The van der Waals surface area contributed by atoms with Crippen molar-refractivity contribution in [3.63, 3.8) is 0 Å². The number of halogens is 2. The van der Waals surface area contributed by atoms with Crippen LogP contribution in [0.15, 0.2) is 12.7 Å². The predicted octanol–water partition coefficient (Wildman–Crippen LogP) is 3.12. The van der Waals surface area contributed by atoms with Gasteiger partial charge in [-0.15, -0.1) is 6.58 Å². The van der Waals surface area contributed by atoms with E-state index in [0.29, 0.717) is 6.42 Å². The van der Waals surface area contributed by atoms with E-state index in [1.807, 2.05) is 6.92 Å². The van der Waals surface area contributed by atoms with E-state index in [9.17, 15) is 4.39 Å². The normalized spacial score (nSPS) is 11.0. The molecule has 0 heterocycles. The molecule has 1 unspecified atom stereocenters. The van der Waals surface area contributed by atoms with Gasteiger partial charge >= 0.3 is 0 Å². The van der Waals surface area contributed by atoms with Gasteiger partial charge in [-0.3, -0.25) is 0 Å². The van der Waals surface area contributed by atoms with Gasteiger partial charge in [-0.2, -0.15) is 0 Å². The van der Waals surface area contributed by atoms with Crippen molar-refractivity contribution in [2.75, 3.05) is 0 Å². The van der Waals surface area contributed by atoms with Crippen molar-refractivity contribution in [3.05, 3.63) is 12.7 Å². The molecule has 0 spiro atoms. The summed E-state index contributed by atoms with van der Waals surface area (Å²) in [7, 11) is 0. The molecule has 0 bridgehead atoms. The number of allylic oxidation sites excluding steroid dienone is 1. The lowest BCUT2D eigenvalue weighted by atomic mass is 10.6. The molecule has 0 amide bonds. The van der Waals surface area contributed by atoms with E-state index in [0.717, 1.165) is 0 Å². The second-order valence-electron chi connectivity index (χ2n) is 1.21. The molecule has 0 saturated carbocycles. The van der Waals surface area contributed by atoms with Crippen LogP contribution in [0.1, 0.15) is 20.3 Å². The first-order valence-electron chi connectivity index (χ1n) is 2.54. The van der Waals surface area contributed by atoms with E-state index in [-0.39, 0.29) is 0 Å². The minimum atomic E-state index is -1.14. The van der Waals surface area contributed by atoms with E-state index in [1.54, 1.807) is 13.0 Å². The zero-order valence-corrected chi connectivity index (χ0v) is 6.08. The Morgan fingerprint density at radius 3 is 2.00 bits per heavy atom. The van der Waals surface area contributed by atoms with Crippen molar-refractivity contribution >= 4 is 11.6 Å². The highest BCUT2D eigenvalue weighted by Gasteiger charge is 1.88. The number of alkyl halides is 2.